The molecule has 0 aliphatic heterocycles. The third-order valence-electron chi connectivity index (χ3n) is 4.82. The molecular weight excluding hydrogens is 364 g/mol. The number of carbonyl (C=O) groups excluding carboxylic acids is 1. The molecule has 0 saturated carbocycles. The number of aromatic nitrogens is 5. The Morgan fingerprint density at radius 1 is 0.966 bits per heavy atom. The van der Waals surface area contributed by atoms with Gasteiger partial charge in [-0.3, -0.25) is 9.78 Å². The lowest BCUT2D eigenvalue weighted by Gasteiger charge is -2.06. The van der Waals surface area contributed by atoms with Crippen LogP contribution in [0.25, 0.3) is 33.3 Å². The maximum atomic E-state index is 11.3. The molecule has 0 bridgehead atoms. The Kier molecular flexibility index (Phi) is 3.98. The van der Waals surface area contributed by atoms with Gasteiger partial charge in [-0.2, -0.15) is 0 Å². The van der Waals surface area contributed by atoms with E-state index >= 15 is 0 Å². The smallest absolute Gasteiger partial charge is 0.248 e. The summed E-state index contributed by atoms with van der Waals surface area (Å²) in [7, 11) is 0. The molecule has 3 heterocycles. The van der Waals surface area contributed by atoms with Crippen molar-refractivity contribution in [2.75, 3.05) is 0 Å². The van der Waals surface area contributed by atoms with E-state index in [2.05, 4.69) is 21.4 Å². The summed E-state index contributed by atoms with van der Waals surface area (Å²) in [6, 6.07) is 20.9. The number of fused-ring (bicyclic) bond motifs is 2. The Morgan fingerprint density at radius 2 is 1.79 bits per heavy atom. The molecule has 0 saturated heterocycles. The minimum atomic E-state index is -0.451. The molecule has 7 nitrogen and oxygen atoms in total. The maximum absolute atomic E-state index is 11.3. The number of nitrogens with zero attached hydrogens (tertiary/aromatic N) is 5. The standard InChI is InChI=1S/C22H16N6O/c23-21(29)16-6-4-15(5-7-16)19-9-10-20-22(25-19)28(27-26-20)13-14-3-8-18-17(12-14)2-1-11-24-18/h1-12H,13H2,(H2,23,29). The van der Waals surface area contributed by atoms with Crippen LogP contribution in [0.3, 0.4) is 0 Å². The predicted octanol–water partition coefficient (Wildman–Crippen LogP) is 3.19. The summed E-state index contributed by atoms with van der Waals surface area (Å²) in [5.41, 5.74) is 10.9. The highest BCUT2D eigenvalue weighted by Gasteiger charge is 2.10. The molecule has 0 spiro atoms. The molecule has 0 atom stereocenters. The average molecular weight is 380 g/mol. The number of primary amides is 1. The normalized spacial score (nSPS) is 11.2. The second-order valence-electron chi connectivity index (χ2n) is 6.76. The van der Waals surface area contributed by atoms with Crippen molar-refractivity contribution in [3.05, 3.63) is 84.1 Å². The summed E-state index contributed by atoms with van der Waals surface area (Å²) in [4.78, 5) is 20.4. The fraction of sp³-hybridized carbons (Fsp3) is 0.0455. The van der Waals surface area contributed by atoms with Gasteiger partial charge in [0.1, 0.15) is 5.52 Å². The quantitative estimate of drug-likeness (QED) is 0.516. The largest absolute Gasteiger partial charge is 0.366 e. The first-order valence-corrected chi connectivity index (χ1v) is 9.11. The second-order valence-corrected chi connectivity index (χ2v) is 6.76. The van der Waals surface area contributed by atoms with Crippen molar-refractivity contribution >= 4 is 28.0 Å². The molecule has 0 unspecified atom stereocenters. The highest BCUT2D eigenvalue weighted by molar-refractivity contribution is 5.93. The molecule has 3 aromatic heterocycles. The van der Waals surface area contributed by atoms with Gasteiger partial charge in [0.05, 0.1) is 17.8 Å². The molecule has 1 amide bonds. The molecule has 7 heteroatoms. The van der Waals surface area contributed by atoms with Crippen molar-refractivity contribution in [1.82, 2.24) is 25.0 Å². The third-order valence-corrected chi connectivity index (χ3v) is 4.82. The van der Waals surface area contributed by atoms with E-state index in [1.165, 1.54) is 0 Å². The van der Waals surface area contributed by atoms with Gasteiger partial charge in [0.2, 0.25) is 5.91 Å². The summed E-state index contributed by atoms with van der Waals surface area (Å²) in [5, 5.41) is 9.58. The van der Waals surface area contributed by atoms with Crippen LogP contribution in [-0.4, -0.2) is 30.9 Å². The van der Waals surface area contributed by atoms with Crippen LogP contribution in [0.5, 0.6) is 0 Å². The van der Waals surface area contributed by atoms with Gasteiger partial charge >= 0.3 is 0 Å². The molecule has 0 aliphatic rings. The van der Waals surface area contributed by atoms with E-state index in [0.29, 0.717) is 17.8 Å². The van der Waals surface area contributed by atoms with E-state index in [1.54, 1.807) is 23.0 Å². The van der Waals surface area contributed by atoms with Crippen LogP contribution in [0.1, 0.15) is 15.9 Å². The van der Waals surface area contributed by atoms with Crippen molar-refractivity contribution in [2.45, 2.75) is 6.54 Å². The van der Waals surface area contributed by atoms with Gasteiger partial charge < -0.3 is 5.73 Å². The fourth-order valence-electron chi connectivity index (χ4n) is 3.32. The van der Waals surface area contributed by atoms with E-state index in [9.17, 15) is 4.79 Å². The topological polar surface area (TPSA) is 99.6 Å². The van der Waals surface area contributed by atoms with Crippen LogP contribution < -0.4 is 5.73 Å². The molecule has 5 rings (SSSR count). The Morgan fingerprint density at radius 3 is 2.62 bits per heavy atom. The van der Waals surface area contributed by atoms with E-state index in [1.807, 2.05) is 48.5 Å². The SMILES string of the molecule is NC(=O)c1ccc(-c2ccc3nnn(Cc4ccc5ncccc5c4)c3n2)cc1. The first-order chi connectivity index (χ1) is 14.2. The first-order valence-electron chi connectivity index (χ1n) is 9.11. The monoisotopic (exact) mass is 380 g/mol. The lowest BCUT2D eigenvalue weighted by molar-refractivity contribution is 0.100. The van der Waals surface area contributed by atoms with Crippen LogP contribution in [-0.2, 0) is 6.54 Å². The van der Waals surface area contributed by atoms with Crippen LogP contribution in [0.15, 0.2) is 72.9 Å². The second kappa shape index (κ2) is 6.79. The lowest BCUT2D eigenvalue weighted by atomic mass is 10.1. The van der Waals surface area contributed by atoms with Gasteiger partial charge in [-0.1, -0.05) is 29.5 Å². The van der Waals surface area contributed by atoms with Crippen LogP contribution in [0.4, 0.5) is 0 Å². The van der Waals surface area contributed by atoms with E-state index in [4.69, 9.17) is 10.7 Å². The number of amides is 1. The summed E-state index contributed by atoms with van der Waals surface area (Å²) in [6.45, 7) is 0.554. The van der Waals surface area contributed by atoms with Gasteiger partial charge in [0, 0.05) is 22.7 Å². The number of hydrogen-bond donors (Lipinski definition) is 1. The molecule has 140 valence electrons. The Bertz CT molecular complexity index is 1360. The predicted molar refractivity (Wildman–Crippen MR) is 110 cm³/mol. The average Bonchev–Trinajstić information content (AvgIpc) is 3.15. The van der Waals surface area contributed by atoms with Gasteiger partial charge in [0.25, 0.3) is 0 Å². The number of benzene rings is 2. The summed E-state index contributed by atoms with van der Waals surface area (Å²) < 4.78 is 1.79. The highest BCUT2D eigenvalue weighted by atomic mass is 16.1. The molecule has 2 aromatic carbocycles. The van der Waals surface area contributed by atoms with Crippen molar-refractivity contribution in [2.24, 2.45) is 5.73 Å². The zero-order valence-corrected chi connectivity index (χ0v) is 15.4. The lowest BCUT2D eigenvalue weighted by Crippen LogP contribution is -2.10. The zero-order valence-electron chi connectivity index (χ0n) is 15.4. The maximum Gasteiger partial charge on any atom is 0.248 e. The summed E-state index contributed by atoms with van der Waals surface area (Å²) in [6.07, 6.45) is 1.79. The fourth-order valence-corrected chi connectivity index (χ4v) is 3.32. The molecule has 29 heavy (non-hydrogen) atoms. The summed E-state index contributed by atoms with van der Waals surface area (Å²) >= 11 is 0. The van der Waals surface area contributed by atoms with Crippen molar-refractivity contribution in [1.29, 1.82) is 0 Å². The number of pyridine rings is 2. The van der Waals surface area contributed by atoms with Gasteiger partial charge in [-0.15, -0.1) is 5.10 Å². The van der Waals surface area contributed by atoms with Crippen LogP contribution in [0.2, 0.25) is 0 Å². The molecule has 2 N–H and O–H groups in total. The van der Waals surface area contributed by atoms with Crippen molar-refractivity contribution < 1.29 is 4.79 Å². The minimum absolute atomic E-state index is 0.451. The number of nitrogens with two attached hydrogens (primary N) is 1. The Labute approximate surface area is 165 Å². The van der Waals surface area contributed by atoms with Gasteiger partial charge in [-0.25, -0.2) is 9.67 Å². The molecule has 0 aliphatic carbocycles. The van der Waals surface area contributed by atoms with Crippen LogP contribution in [0, 0.1) is 0 Å². The number of rotatable bonds is 4. The van der Waals surface area contributed by atoms with E-state index < -0.39 is 5.91 Å². The molecule has 0 fully saturated rings. The van der Waals surface area contributed by atoms with Crippen LogP contribution >= 0.6 is 0 Å². The van der Waals surface area contributed by atoms with Gasteiger partial charge in [-0.05, 0) is 48.0 Å². The third kappa shape index (κ3) is 3.19. The van der Waals surface area contributed by atoms with Crippen molar-refractivity contribution in [3.63, 3.8) is 0 Å². The Balaban J connectivity index is 1.51. The first kappa shape index (κ1) is 17.0. The molecular formula is C22H16N6O. The van der Waals surface area contributed by atoms with Crippen molar-refractivity contribution in [3.8, 4) is 11.3 Å². The van der Waals surface area contributed by atoms with Gasteiger partial charge in [0.15, 0.2) is 5.65 Å². The highest BCUT2D eigenvalue weighted by Crippen LogP contribution is 2.21. The van der Waals surface area contributed by atoms with E-state index in [-0.39, 0.29) is 0 Å². The zero-order chi connectivity index (χ0) is 19.8. The number of carbonyl (C=O) groups is 1. The Hall–Kier alpha value is -4.13. The molecule has 5 aromatic rings. The minimum Gasteiger partial charge on any atom is -0.366 e. The summed E-state index contributed by atoms with van der Waals surface area (Å²) in [5.74, 6) is -0.451. The molecule has 0 radical (unpaired) electrons. The van der Waals surface area contributed by atoms with E-state index in [0.717, 1.165) is 33.2 Å². The number of hydrogen-bond acceptors (Lipinski definition) is 5.